The Bertz CT molecular complexity index is 542. The molecule has 0 saturated heterocycles. The Morgan fingerprint density at radius 3 is 3.07 bits per heavy atom. The molecule has 0 saturated carbocycles. The minimum atomic E-state index is -0.509. The molecule has 0 atom stereocenters. The zero-order valence-corrected chi connectivity index (χ0v) is 8.65. The third kappa shape index (κ3) is 1.61. The predicted octanol–water partition coefficient (Wildman–Crippen LogP) is 1.44. The molecule has 0 radical (unpaired) electrons. The maximum Gasteiger partial charge on any atom is 0.352 e. The fraction of sp³-hybridized carbons (Fsp3) is 0.250. The summed E-state index contributed by atoms with van der Waals surface area (Å²) < 4.78 is 1.39. The van der Waals surface area contributed by atoms with E-state index in [4.69, 9.17) is 0 Å². The van der Waals surface area contributed by atoms with Gasteiger partial charge < -0.3 is 10.1 Å². The maximum absolute atomic E-state index is 10.9. The van der Waals surface area contributed by atoms with Crippen molar-refractivity contribution in [2.75, 3.05) is 0 Å². The van der Waals surface area contributed by atoms with E-state index in [1.54, 1.807) is 11.6 Å². The molecule has 78 valence electrons. The molecule has 0 aromatic carbocycles. The average molecular weight is 225 g/mol. The number of ketones is 1. The third-order valence-electron chi connectivity index (χ3n) is 1.90. The Morgan fingerprint density at radius 1 is 1.73 bits per heavy atom. The fourth-order valence-electron chi connectivity index (χ4n) is 1.37. The summed E-state index contributed by atoms with van der Waals surface area (Å²) >= 11 is 1.30. The number of hydrogen-bond donors (Lipinski definition) is 0. The van der Waals surface area contributed by atoms with Gasteiger partial charge in [-0.3, -0.25) is 4.79 Å². The van der Waals surface area contributed by atoms with Gasteiger partial charge in [0.25, 0.3) is 4.96 Å². The molecule has 0 aliphatic heterocycles. The van der Waals surface area contributed by atoms with Gasteiger partial charge in [0, 0.05) is 5.38 Å². The molecule has 2 rings (SSSR count). The second-order valence-corrected chi connectivity index (χ2v) is 3.95. The molecule has 7 heteroatoms. The van der Waals surface area contributed by atoms with Crippen molar-refractivity contribution in [3.05, 3.63) is 27.4 Å². The average Bonchev–Trinajstić information content (AvgIpc) is 2.60. The first-order chi connectivity index (χ1) is 7.09. The zero-order valence-electron chi connectivity index (χ0n) is 7.84. The number of thiazole rings is 1. The Kier molecular flexibility index (Phi) is 2.24. The Labute approximate surface area is 88.3 Å². The number of carbonyl (C=O) groups excluding carboxylic acids is 1. The van der Waals surface area contributed by atoms with Gasteiger partial charge in [-0.15, -0.1) is 0 Å². The summed E-state index contributed by atoms with van der Waals surface area (Å²) in [5.41, 5.74) is 0.236. The summed E-state index contributed by atoms with van der Waals surface area (Å²) in [5.74, 6) is -0.245. The molecule has 0 bridgehead atoms. The Balaban J connectivity index is 2.61. The van der Waals surface area contributed by atoms with Crippen LogP contribution in [0.3, 0.4) is 0 Å². The minimum absolute atomic E-state index is 0.00468. The highest BCUT2D eigenvalue weighted by atomic mass is 32.1. The van der Waals surface area contributed by atoms with Gasteiger partial charge in [0.2, 0.25) is 0 Å². The van der Waals surface area contributed by atoms with E-state index >= 15 is 0 Å². The van der Waals surface area contributed by atoms with Crippen LogP contribution in [0, 0.1) is 10.1 Å². The topological polar surface area (TPSA) is 77.5 Å². The molecule has 0 fully saturated rings. The summed E-state index contributed by atoms with van der Waals surface area (Å²) in [7, 11) is 0. The van der Waals surface area contributed by atoms with Crippen LogP contribution in [0.2, 0.25) is 0 Å². The van der Waals surface area contributed by atoms with Crippen molar-refractivity contribution in [3.8, 4) is 0 Å². The van der Waals surface area contributed by atoms with Gasteiger partial charge in [0.1, 0.15) is 17.7 Å². The zero-order chi connectivity index (χ0) is 11.0. The highest BCUT2D eigenvalue weighted by molar-refractivity contribution is 7.15. The SMILES string of the molecule is CC(=O)Cc1nc2sccn2c1[N+](=O)[O-]. The van der Waals surface area contributed by atoms with Crippen molar-refractivity contribution >= 4 is 27.9 Å². The van der Waals surface area contributed by atoms with Crippen LogP contribution < -0.4 is 0 Å². The van der Waals surface area contributed by atoms with Gasteiger partial charge in [-0.05, 0) is 11.8 Å². The number of nitrogens with zero attached hydrogens (tertiary/aromatic N) is 3. The number of nitro groups is 1. The number of hydrogen-bond acceptors (Lipinski definition) is 5. The standard InChI is InChI=1S/C8H7N3O3S/c1-5(12)4-6-7(11(13)14)10-2-3-15-8(10)9-6/h2-3H,4H2,1H3. The summed E-state index contributed by atoms with van der Waals surface area (Å²) in [6.07, 6.45) is 1.58. The van der Waals surface area contributed by atoms with Gasteiger partial charge in [-0.25, -0.2) is 0 Å². The normalized spacial score (nSPS) is 10.7. The van der Waals surface area contributed by atoms with E-state index < -0.39 is 4.92 Å². The largest absolute Gasteiger partial charge is 0.358 e. The summed E-state index contributed by atoms with van der Waals surface area (Å²) in [6.45, 7) is 1.39. The number of aromatic nitrogens is 2. The quantitative estimate of drug-likeness (QED) is 0.584. The molecular weight excluding hydrogens is 218 g/mol. The molecule has 6 nitrogen and oxygen atoms in total. The van der Waals surface area contributed by atoms with Crippen LogP contribution in [0.1, 0.15) is 12.6 Å². The van der Waals surface area contributed by atoms with E-state index in [0.717, 1.165) is 0 Å². The molecule has 0 N–H and O–H groups in total. The minimum Gasteiger partial charge on any atom is -0.358 e. The van der Waals surface area contributed by atoms with Crippen LogP contribution in [-0.2, 0) is 11.2 Å². The van der Waals surface area contributed by atoms with Crippen molar-refractivity contribution in [1.82, 2.24) is 9.38 Å². The molecule has 0 unspecified atom stereocenters. The second kappa shape index (κ2) is 3.43. The Hall–Kier alpha value is -1.76. The van der Waals surface area contributed by atoms with E-state index in [1.807, 2.05) is 0 Å². The molecular formula is C8H7N3O3S. The van der Waals surface area contributed by atoms with Gasteiger partial charge in [0.15, 0.2) is 0 Å². The molecule has 0 aliphatic rings. The Morgan fingerprint density at radius 2 is 2.47 bits per heavy atom. The molecule has 2 aromatic rings. The van der Waals surface area contributed by atoms with Crippen molar-refractivity contribution < 1.29 is 9.72 Å². The van der Waals surface area contributed by atoms with Crippen molar-refractivity contribution in [2.45, 2.75) is 13.3 Å². The smallest absolute Gasteiger partial charge is 0.352 e. The summed E-state index contributed by atoms with van der Waals surface area (Å²) in [5, 5.41) is 12.5. The van der Waals surface area contributed by atoms with Crippen molar-refractivity contribution in [1.29, 1.82) is 0 Å². The fourth-order valence-corrected chi connectivity index (χ4v) is 2.09. The van der Waals surface area contributed by atoms with Gasteiger partial charge in [-0.1, -0.05) is 11.3 Å². The van der Waals surface area contributed by atoms with E-state index in [9.17, 15) is 14.9 Å². The molecule has 2 aromatic heterocycles. The lowest BCUT2D eigenvalue weighted by Crippen LogP contribution is -2.01. The number of imidazole rings is 1. The third-order valence-corrected chi connectivity index (χ3v) is 2.65. The number of fused-ring (bicyclic) bond motifs is 1. The second-order valence-electron chi connectivity index (χ2n) is 3.07. The highest BCUT2D eigenvalue weighted by Crippen LogP contribution is 2.24. The van der Waals surface area contributed by atoms with Crippen LogP contribution >= 0.6 is 11.3 Å². The van der Waals surface area contributed by atoms with Crippen LogP contribution in [0.5, 0.6) is 0 Å². The van der Waals surface area contributed by atoms with Gasteiger partial charge in [0.05, 0.1) is 6.42 Å². The van der Waals surface area contributed by atoms with Gasteiger partial charge in [-0.2, -0.15) is 9.38 Å². The van der Waals surface area contributed by atoms with Crippen LogP contribution in [0.25, 0.3) is 4.96 Å². The van der Waals surface area contributed by atoms with Gasteiger partial charge >= 0.3 is 5.82 Å². The first-order valence-electron chi connectivity index (χ1n) is 4.18. The first-order valence-corrected chi connectivity index (χ1v) is 5.06. The first kappa shape index (κ1) is 9.78. The number of carbonyl (C=O) groups is 1. The number of Topliss-reactive ketones (excluding diaryl/α,β-unsaturated/α-hetero) is 1. The van der Waals surface area contributed by atoms with E-state index in [1.165, 1.54) is 22.7 Å². The lowest BCUT2D eigenvalue weighted by atomic mass is 10.2. The van der Waals surface area contributed by atoms with E-state index in [-0.39, 0.29) is 23.7 Å². The summed E-state index contributed by atoms with van der Waals surface area (Å²) in [4.78, 5) is 25.8. The van der Waals surface area contributed by atoms with Crippen LogP contribution in [0.4, 0.5) is 5.82 Å². The number of rotatable bonds is 3. The van der Waals surface area contributed by atoms with Crippen molar-refractivity contribution in [3.63, 3.8) is 0 Å². The summed E-state index contributed by atoms with van der Waals surface area (Å²) in [6, 6.07) is 0. The lowest BCUT2D eigenvalue weighted by molar-refractivity contribution is -0.391. The van der Waals surface area contributed by atoms with Crippen LogP contribution in [-0.4, -0.2) is 20.1 Å². The molecule has 2 heterocycles. The maximum atomic E-state index is 10.9. The predicted molar refractivity (Wildman–Crippen MR) is 54.1 cm³/mol. The van der Waals surface area contributed by atoms with Crippen molar-refractivity contribution in [2.24, 2.45) is 0 Å². The monoisotopic (exact) mass is 225 g/mol. The van der Waals surface area contributed by atoms with E-state index in [2.05, 4.69) is 4.98 Å². The molecule has 0 amide bonds. The molecule has 0 spiro atoms. The van der Waals surface area contributed by atoms with E-state index in [0.29, 0.717) is 4.96 Å². The molecule has 15 heavy (non-hydrogen) atoms. The molecule has 0 aliphatic carbocycles. The lowest BCUT2D eigenvalue weighted by Gasteiger charge is -1.94. The highest BCUT2D eigenvalue weighted by Gasteiger charge is 2.23. The van der Waals surface area contributed by atoms with Crippen LogP contribution in [0.15, 0.2) is 11.6 Å².